The average Bonchev–Trinajstić information content (AvgIpc) is 3.80. The van der Waals surface area contributed by atoms with Crippen molar-refractivity contribution in [2.75, 3.05) is 0 Å². The number of benzene rings is 7. The second kappa shape index (κ2) is 11.4. The average molecular weight is 643 g/mol. The Labute approximate surface area is 286 Å². The minimum Gasteiger partial charge on any atom is -0.456 e. The molecule has 0 aliphatic heterocycles. The number of furan rings is 1. The van der Waals surface area contributed by atoms with Gasteiger partial charge in [-0.15, -0.1) is 0 Å². The zero-order valence-electron chi connectivity index (χ0n) is 26.6. The molecule has 0 unspecified atom stereocenters. The van der Waals surface area contributed by atoms with Crippen molar-refractivity contribution in [3.05, 3.63) is 158 Å². The molecule has 0 N–H and O–H groups in total. The highest BCUT2D eigenvalue weighted by Crippen LogP contribution is 2.39. The molecule has 7 aromatic carbocycles. The summed E-state index contributed by atoms with van der Waals surface area (Å²) >= 11 is 0. The van der Waals surface area contributed by atoms with Crippen LogP contribution in [0, 0.1) is 0 Å². The van der Waals surface area contributed by atoms with Crippen molar-refractivity contribution in [1.29, 1.82) is 0 Å². The van der Waals surface area contributed by atoms with Gasteiger partial charge >= 0.3 is 0 Å². The molecule has 0 saturated carbocycles. The number of hydrogen-bond acceptors (Lipinski definition) is 6. The molecule has 3 heterocycles. The van der Waals surface area contributed by atoms with Crippen molar-refractivity contribution in [2.45, 2.75) is 0 Å². The van der Waals surface area contributed by atoms with Crippen LogP contribution in [0.15, 0.2) is 167 Å². The molecule has 0 aliphatic carbocycles. The predicted molar refractivity (Wildman–Crippen MR) is 199 cm³/mol. The molecule has 0 spiro atoms. The molecule has 0 atom stereocenters. The Hall–Kier alpha value is -6.92. The van der Waals surface area contributed by atoms with E-state index in [0.717, 1.165) is 77.2 Å². The fourth-order valence-corrected chi connectivity index (χ4v) is 6.72. The first kappa shape index (κ1) is 28.1. The maximum Gasteiger partial charge on any atom is 0.227 e. The Balaban J connectivity index is 1.08. The molecule has 234 valence electrons. The lowest BCUT2D eigenvalue weighted by molar-refractivity contribution is 0.620. The van der Waals surface area contributed by atoms with Crippen LogP contribution in [-0.2, 0) is 0 Å². The van der Waals surface area contributed by atoms with Gasteiger partial charge in [-0.05, 0) is 52.2 Å². The van der Waals surface area contributed by atoms with Crippen molar-refractivity contribution in [3.8, 4) is 56.7 Å². The molecule has 10 rings (SSSR count). The van der Waals surface area contributed by atoms with Crippen LogP contribution in [0.4, 0.5) is 0 Å². The fourth-order valence-electron chi connectivity index (χ4n) is 6.72. The summed E-state index contributed by atoms with van der Waals surface area (Å²) in [6, 6.07) is 53.1. The number of nitrogens with zero attached hydrogens (tertiary/aromatic N) is 4. The normalized spacial score (nSPS) is 11.6. The zero-order valence-corrected chi connectivity index (χ0v) is 26.6. The first-order valence-electron chi connectivity index (χ1n) is 16.5. The summed E-state index contributed by atoms with van der Waals surface area (Å²) in [5.41, 5.74) is 8.96. The lowest BCUT2D eigenvalue weighted by atomic mass is 9.96. The van der Waals surface area contributed by atoms with E-state index in [2.05, 4.69) is 60.7 Å². The van der Waals surface area contributed by atoms with E-state index in [-0.39, 0.29) is 0 Å². The SMILES string of the molecule is c1ccc(-c2nc(-c3ccccc3)nc(-c3ccc(-c4cc(-c5nc6c(ccc7oc8ccccc8c76)o5)c5ccccc5c4)cc3)n2)cc1. The van der Waals surface area contributed by atoms with Crippen LogP contribution in [0.2, 0.25) is 0 Å². The monoisotopic (exact) mass is 642 g/mol. The van der Waals surface area contributed by atoms with Crippen molar-refractivity contribution in [3.63, 3.8) is 0 Å². The quantitative estimate of drug-likeness (QED) is 0.186. The second-order valence-electron chi connectivity index (χ2n) is 12.3. The molecule has 0 radical (unpaired) electrons. The molecule has 6 nitrogen and oxygen atoms in total. The van der Waals surface area contributed by atoms with Crippen LogP contribution < -0.4 is 0 Å². The minimum absolute atomic E-state index is 0.569. The molecule has 3 aromatic heterocycles. The predicted octanol–water partition coefficient (Wildman–Crippen LogP) is 11.4. The Bertz CT molecular complexity index is 2800. The zero-order chi connectivity index (χ0) is 33.0. The van der Waals surface area contributed by atoms with Gasteiger partial charge in [0.2, 0.25) is 5.89 Å². The van der Waals surface area contributed by atoms with Gasteiger partial charge in [0, 0.05) is 27.6 Å². The molecule has 0 amide bonds. The first-order valence-corrected chi connectivity index (χ1v) is 16.5. The third-order valence-corrected chi connectivity index (χ3v) is 9.17. The van der Waals surface area contributed by atoms with Crippen molar-refractivity contribution in [2.24, 2.45) is 0 Å². The topological polar surface area (TPSA) is 77.8 Å². The van der Waals surface area contributed by atoms with Crippen LogP contribution in [0.25, 0.3) is 101 Å². The van der Waals surface area contributed by atoms with Crippen LogP contribution in [-0.4, -0.2) is 19.9 Å². The van der Waals surface area contributed by atoms with E-state index in [1.165, 1.54) is 0 Å². The van der Waals surface area contributed by atoms with Crippen LogP contribution >= 0.6 is 0 Å². The molecule has 6 heteroatoms. The highest BCUT2D eigenvalue weighted by molar-refractivity contribution is 6.17. The molecule has 0 saturated heterocycles. The van der Waals surface area contributed by atoms with E-state index < -0.39 is 0 Å². The largest absolute Gasteiger partial charge is 0.456 e. The summed E-state index contributed by atoms with van der Waals surface area (Å²) in [6.45, 7) is 0. The van der Waals surface area contributed by atoms with E-state index >= 15 is 0 Å². The Morgan fingerprint density at radius 3 is 1.62 bits per heavy atom. The van der Waals surface area contributed by atoms with E-state index in [9.17, 15) is 0 Å². The Kier molecular flexibility index (Phi) is 6.39. The highest BCUT2D eigenvalue weighted by atomic mass is 16.4. The summed E-state index contributed by atoms with van der Waals surface area (Å²) in [4.78, 5) is 19.7. The van der Waals surface area contributed by atoms with Crippen LogP contribution in [0.5, 0.6) is 0 Å². The fraction of sp³-hybridized carbons (Fsp3) is 0. The molecular weight excluding hydrogens is 617 g/mol. The van der Waals surface area contributed by atoms with Gasteiger partial charge in [0.05, 0.1) is 5.39 Å². The number of aromatic nitrogens is 4. The Morgan fingerprint density at radius 2 is 0.920 bits per heavy atom. The number of oxazole rings is 1. The van der Waals surface area contributed by atoms with Crippen molar-refractivity contribution in [1.82, 2.24) is 19.9 Å². The van der Waals surface area contributed by atoms with E-state index in [1.807, 2.05) is 97.1 Å². The highest BCUT2D eigenvalue weighted by Gasteiger charge is 2.19. The van der Waals surface area contributed by atoms with Gasteiger partial charge in [-0.3, -0.25) is 0 Å². The standard InChI is InChI=1S/C44H26N4O2/c1-3-11-28(12-4-1)41-46-42(29-13-5-2-6-14-29)48-43(47-41)30-21-19-27(20-22-30)32-25-31-15-7-8-16-33(31)35(26-32)44-45-40-38(50-44)24-23-37-39(40)34-17-9-10-18-36(34)49-37/h1-26H. The van der Waals surface area contributed by atoms with E-state index in [1.54, 1.807) is 0 Å². The van der Waals surface area contributed by atoms with Crippen LogP contribution in [0.3, 0.4) is 0 Å². The summed E-state index contributed by atoms with van der Waals surface area (Å²) in [5.74, 6) is 2.46. The van der Waals surface area contributed by atoms with E-state index in [4.69, 9.17) is 28.8 Å². The van der Waals surface area contributed by atoms with Gasteiger partial charge in [-0.25, -0.2) is 19.9 Å². The summed E-state index contributed by atoms with van der Waals surface area (Å²) < 4.78 is 12.6. The van der Waals surface area contributed by atoms with Crippen LogP contribution in [0.1, 0.15) is 0 Å². The number of para-hydroxylation sites is 1. The van der Waals surface area contributed by atoms with Crippen molar-refractivity contribution < 1.29 is 8.83 Å². The molecule has 10 aromatic rings. The summed E-state index contributed by atoms with van der Waals surface area (Å²) in [6.07, 6.45) is 0. The van der Waals surface area contributed by atoms with Gasteiger partial charge in [0.25, 0.3) is 0 Å². The van der Waals surface area contributed by atoms with Crippen molar-refractivity contribution >= 4 is 43.8 Å². The van der Waals surface area contributed by atoms with Gasteiger partial charge in [0.15, 0.2) is 23.1 Å². The smallest absolute Gasteiger partial charge is 0.227 e. The number of hydrogen-bond donors (Lipinski definition) is 0. The molecular formula is C44H26N4O2. The molecule has 0 fully saturated rings. The van der Waals surface area contributed by atoms with Gasteiger partial charge in [0.1, 0.15) is 16.7 Å². The maximum absolute atomic E-state index is 6.48. The Morgan fingerprint density at radius 1 is 0.360 bits per heavy atom. The summed E-state index contributed by atoms with van der Waals surface area (Å²) in [5, 5.41) is 4.16. The third kappa shape index (κ3) is 4.73. The molecule has 0 aliphatic rings. The maximum atomic E-state index is 6.48. The van der Waals surface area contributed by atoms with E-state index in [0.29, 0.717) is 23.4 Å². The third-order valence-electron chi connectivity index (χ3n) is 9.17. The lowest BCUT2D eigenvalue weighted by Gasteiger charge is -2.10. The summed E-state index contributed by atoms with van der Waals surface area (Å²) in [7, 11) is 0. The minimum atomic E-state index is 0.569. The van der Waals surface area contributed by atoms with Gasteiger partial charge < -0.3 is 8.83 Å². The molecule has 0 bridgehead atoms. The lowest BCUT2D eigenvalue weighted by Crippen LogP contribution is -2.00. The number of fused-ring (bicyclic) bond motifs is 6. The van der Waals surface area contributed by atoms with Gasteiger partial charge in [-0.1, -0.05) is 127 Å². The first-order chi connectivity index (χ1) is 24.7. The molecule has 50 heavy (non-hydrogen) atoms. The van der Waals surface area contributed by atoms with Gasteiger partial charge in [-0.2, -0.15) is 0 Å². The second-order valence-corrected chi connectivity index (χ2v) is 12.3. The number of rotatable bonds is 5.